The molecule has 1 fully saturated rings. The molecule has 1 unspecified atom stereocenters. The van der Waals surface area contributed by atoms with E-state index >= 15 is 0 Å². The number of carbonyl (C=O) groups excluding carboxylic acids is 1. The number of aromatic amines is 1. The lowest BCUT2D eigenvalue weighted by Crippen LogP contribution is -2.42. The van der Waals surface area contributed by atoms with Gasteiger partial charge in [0.15, 0.2) is 0 Å². The van der Waals surface area contributed by atoms with Crippen LogP contribution < -0.4 is 5.32 Å². The Labute approximate surface area is 161 Å². The van der Waals surface area contributed by atoms with Crippen LogP contribution in [0, 0.1) is 0 Å². The van der Waals surface area contributed by atoms with Crippen molar-refractivity contribution < 1.29 is 13.2 Å². The van der Waals surface area contributed by atoms with Crippen LogP contribution in [0.5, 0.6) is 0 Å². The number of hydrogen-bond donors (Lipinski definition) is 2. The van der Waals surface area contributed by atoms with Crippen LogP contribution in [-0.2, 0) is 14.8 Å². The Morgan fingerprint density at radius 1 is 1.30 bits per heavy atom. The minimum Gasteiger partial charge on any atom is -0.345 e. The van der Waals surface area contributed by atoms with Gasteiger partial charge in [0, 0.05) is 30.2 Å². The van der Waals surface area contributed by atoms with Gasteiger partial charge in [0.25, 0.3) is 10.0 Å². The molecule has 2 aromatic heterocycles. The zero-order chi connectivity index (χ0) is 18.9. The Morgan fingerprint density at radius 3 is 2.93 bits per heavy atom. The first-order chi connectivity index (χ1) is 13.1. The van der Waals surface area contributed by atoms with Crippen LogP contribution in [0.15, 0.2) is 58.4 Å². The van der Waals surface area contributed by atoms with Gasteiger partial charge in [0.2, 0.25) is 5.91 Å². The molecule has 1 atom stereocenters. The lowest BCUT2D eigenvalue weighted by molar-refractivity contribution is -0.119. The SMILES string of the molecule is O=C(Nc1cccc(-c2ncc[nH]2)c1)C1CCCN1S(=O)(=O)c1cccs1. The summed E-state index contributed by atoms with van der Waals surface area (Å²) in [6, 6.07) is 9.86. The number of anilines is 1. The number of thiophene rings is 1. The van der Waals surface area contributed by atoms with E-state index in [4.69, 9.17) is 0 Å². The molecular weight excluding hydrogens is 384 g/mol. The Balaban J connectivity index is 1.54. The second kappa shape index (κ2) is 7.26. The fourth-order valence-corrected chi connectivity index (χ4v) is 5.98. The summed E-state index contributed by atoms with van der Waals surface area (Å²) in [7, 11) is -3.65. The maximum absolute atomic E-state index is 12.8. The Hall–Kier alpha value is -2.49. The molecule has 7 nitrogen and oxygen atoms in total. The monoisotopic (exact) mass is 402 g/mol. The van der Waals surface area contributed by atoms with Crippen LogP contribution in [0.25, 0.3) is 11.4 Å². The number of nitrogens with one attached hydrogen (secondary N) is 2. The van der Waals surface area contributed by atoms with Crippen molar-refractivity contribution in [3.05, 3.63) is 54.2 Å². The van der Waals surface area contributed by atoms with Gasteiger partial charge in [0.1, 0.15) is 16.1 Å². The lowest BCUT2D eigenvalue weighted by atomic mass is 10.1. The van der Waals surface area contributed by atoms with Crippen LogP contribution in [-0.4, -0.2) is 41.2 Å². The molecular formula is C18H18N4O3S2. The smallest absolute Gasteiger partial charge is 0.253 e. The molecule has 0 radical (unpaired) electrons. The second-order valence-electron chi connectivity index (χ2n) is 6.21. The molecule has 3 heterocycles. The minimum absolute atomic E-state index is 0.266. The molecule has 0 bridgehead atoms. The molecule has 0 aliphatic carbocycles. The number of aromatic nitrogens is 2. The predicted molar refractivity (Wildman–Crippen MR) is 104 cm³/mol. The van der Waals surface area contributed by atoms with Gasteiger partial charge < -0.3 is 10.3 Å². The molecule has 1 saturated heterocycles. The molecule has 2 N–H and O–H groups in total. The average molecular weight is 403 g/mol. The largest absolute Gasteiger partial charge is 0.345 e. The van der Waals surface area contributed by atoms with Crippen molar-refractivity contribution in [1.29, 1.82) is 0 Å². The molecule has 27 heavy (non-hydrogen) atoms. The molecule has 4 rings (SSSR count). The van der Waals surface area contributed by atoms with Gasteiger partial charge in [-0.05, 0) is 36.4 Å². The van der Waals surface area contributed by atoms with E-state index in [2.05, 4.69) is 15.3 Å². The van der Waals surface area contributed by atoms with E-state index in [-0.39, 0.29) is 10.1 Å². The second-order valence-corrected chi connectivity index (χ2v) is 9.28. The third-order valence-electron chi connectivity index (χ3n) is 4.47. The number of benzene rings is 1. The topological polar surface area (TPSA) is 95.2 Å². The molecule has 1 aromatic carbocycles. The predicted octanol–water partition coefficient (Wildman–Crippen LogP) is 2.93. The van der Waals surface area contributed by atoms with Gasteiger partial charge in [-0.2, -0.15) is 4.31 Å². The van der Waals surface area contributed by atoms with E-state index in [0.717, 1.165) is 16.9 Å². The highest BCUT2D eigenvalue weighted by molar-refractivity contribution is 7.91. The number of sulfonamides is 1. The first-order valence-electron chi connectivity index (χ1n) is 8.52. The Morgan fingerprint density at radius 2 is 2.19 bits per heavy atom. The zero-order valence-corrected chi connectivity index (χ0v) is 16.0. The minimum atomic E-state index is -3.65. The summed E-state index contributed by atoms with van der Waals surface area (Å²) in [5.41, 5.74) is 1.45. The van der Waals surface area contributed by atoms with Gasteiger partial charge in [0.05, 0.1) is 0 Å². The van der Waals surface area contributed by atoms with Crippen molar-refractivity contribution in [3.8, 4) is 11.4 Å². The highest BCUT2D eigenvalue weighted by Gasteiger charge is 2.39. The molecule has 1 aliphatic rings. The molecule has 0 saturated carbocycles. The van der Waals surface area contributed by atoms with E-state index in [1.165, 1.54) is 4.31 Å². The highest BCUT2D eigenvalue weighted by Crippen LogP contribution is 2.29. The van der Waals surface area contributed by atoms with E-state index < -0.39 is 16.1 Å². The quantitative estimate of drug-likeness (QED) is 0.686. The van der Waals surface area contributed by atoms with Gasteiger partial charge in [-0.1, -0.05) is 18.2 Å². The zero-order valence-electron chi connectivity index (χ0n) is 14.3. The van der Waals surface area contributed by atoms with Crippen LogP contribution in [0.2, 0.25) is 0 Å². The highest BCUT2D eigenvalue weighted by atomic mass is 32.2. The van der Waals surface area contributed by atoms with Gasteiger partial charge in [-0.25, -0.2) is 13.4 Å². The number of imidazole rings is 1. The molecule has 1 aliphatic heterocycles. The third-order valence-corrected chi connectivity index (χ3v) is 7.75. The maximum atomic E-state index is 12.8. The average Bonchev–Trinajstić information content (AvgIpc) is 3.44. The first-order valence-corrected chi connectivity index (χ1v) is 10.8. The van der Waals surface area contributed by atoms with E-state index in [1.807, 2.05) is 18.2 Å². The van der Waals surface area contributed by atoms with Crippen molar-refractivity contribution in [1.82, 2.24) is 14.3 Å². The standard InChI is InChI=1S/C18H18N4O3S2/c23-18(21-14-5-1-4-13(12-14)17-19-8-9-20-17)15-6-2-10-22(15)27(24,25)16-7-3-11-26-16/h1,3-5,7-9,11-12,15H,2,6,10H2,(H,19,20)(H,21,23). The van der Waals surface area contributed by atoms with Crippen LogP contribution in [0.1, 0.15) is 12.8 Å². The van der Waals surface area contributed by atoms with Gasteiger partial charge >= 0.3 is 0 Å². The number of H-pyrrole nitrogens is 1. The van der Waals surface area contributed by atoms with Crippen molar-refractivity contribution >= 4 is 33.0 Å². The van der Waals surface area contributed by atoms with Crippen LogP contribution in [0.3, 0.4) is 0 Å². The van der Waals surface area contributed by atoms with E-state index in [9.17, 15) is 13.2 Å². The molecule has 9 heteroatoms. The molecule has 3 aromatic rings. The number of carbonyl (C=O) groups is 1. The summed E-state index contributed by atoms with van der Waals surface area (Å²) >= 11 is 1.16. The first kappa shape index (κ1) is 17.9. The lowest BCUT2D eigenvalue weighted by Gasteiger charge is -2.22. The van der Waals surface area contributed by atoms with Gasteiger partial charge in [-0.15, -0.1) is 11.3 Å². The van der Waals surface area contributed by atoms with Crippen molar-refractivity contribution in [3.63, 3.8) is 0 Å². The summed E-state index contributed by atoms with van der Waals surface area (Å²) in [5.74, 6) is 0.387. The fraction of sp³-hybridized carbons (Fsp3) is 0.222. The normalized spacial score (nSPS) is 17.9. The Kier molecular flexibility index (Phi) is 4.81. The third kappa shape index (κ3) is 3.53. The summed E-state index contributed by atoms with van der Waals surface area (Å²) in [6.45, 7) is 0.352. The molecule has 0 spiro atoms. The fourth-order valence-electron chi connectivity index (χ4n) is 3.21. The summed E-state index contributed by atoms with van der Waals surface area (Å²) < 4.78 is 27.2. The van der Waals surface area contributed by atoms with Crippen molar-refractivity contribution in [2.24, 2.45) is 0 Å². The van der Waals surface area contributed by atoms with E-state index in [1.54, 1.807) is 36.0 Å². The van der Waals surface area contributed by atoms with Crippen molar-refractivity contribution in [2.75, 3.05) is 11.9 Å². The maximum Gasteiger partial charge on any atom is 0.253 e. The Bertz CT molecular complexity index is 1030. The van der Waals surface area contributed by atoms with Crippen LogP contribution in [0.4, 0.5) is 5.69 Å². The van der Waals surface area contributed by atoms with Crippen molar-refractivity contribution in [2.45, 2.75) is 23.1 Å². The summed E-state index contributed by atoms with van der Waals surface area (Å²) in [5, 5.41) is 4.57. The number of amides is 1. The molecule has 140 valence electrons. The number of nitrogens with zero attached hydrogens (tertiary/aromatic N) is 2. The van der Waals surface area contributed by atoms with E-state index in [0.29, 0.717) is 30.9 Å². The molecule has 1 amide bonds. The van der Waals surface area contributed by atoms with Crippen LogP contribution >= 0.6 is 11.3 Å². The summed E-state index contributed by atoms with van der Waals surface area (Å²) in [4.78, 5) is 20.0. The van der Waals surface area contributed by atoms with Gasteiger partial charge in [-0.3, -0.25) is 4.79 Å². The number of rotatable bonds is 5. The number of hydrogen-bond acceptors (Lipinski definition) is 5. The summed E-state index contributed by atoms with van der Waals surface area (Å²) in [6.07, 6.45) is 4.56.